The summed E-state index contributed by atoms with van der Waals surface area (Å²) in [6.45, 7) is 0. The van der Waals surface area contributed by atoms with Gasteiger partial charge in [0.15, 0.2) is 5.60 Å². The molecule has 0 aliphatic carbocycles. The molecule has 4 aromatic rings. The molecule has 5 nitrogen and oxygen atoms in total. The van der Waals surface area contributed by atoms with E-state index in [-0.39, 0.29) is 0 Å². The Hall–Kier alpha value is -3.70. The van der Waals surface area contributed by atoms with Crippen LogP contribution in [0.4, 0.5) is 5.69 Å². The minimum atomic E-state index is -1.43. The van der Waals surface area contributed by atoms with Crippen LogP contribution in [-0.4, -0.2) is 29.0 Å². The maximum Gasteiger partial charge on any atom is 0.337 e. The molecule has 1 atom stereocenters. The van der Waals surface area contributed by atoms with Gasteiger partial charge in [0.1, 0.15) is 0 Å². The first-order valence-corrected chi connectivity index (χ1v) is 9.28. The van der Waals surface area contributed by atoms with Crippen LogP contribution in [0.3, 0.4) is 0 Å². The summed E-state index contributed by atoms with van der Waals surface area (Å²) in [4.78, 5) is 16.6. The van der Waals surface area contributed by atoms with Gasteiger partial charge < -0.3 is 14.4 Å². The van der Waals surface area contributed by atoms with Crippen molar-refractivity contribution in [3.8, 4) is 5.69 Å². The predicted octanol–water partition coefficient (Wildman–Crippen LogP) is 4.37. The monoisotopic (exact) mass is 382 g/mol. The largest absolute Gasteiger partial charge is 0.465 e. The molecule has 1 aliphatic rings. The lowest BCUT2D eigenvalue weighted by atomic mass is 9.91. The van der Waals surface area contributed by atoms with E-state index in [0.717, 1.165) is 16.6 Å². The van der Waals surface area contributed by atoms with Crippen LogP contribution < -0.4 is 0 Å². The molecule has 0 bridgehead atoms. The van der Waals surface area contributed by atoms with Gasteiger partial charge in [-0.15, -0.1) is 0 Å². The summed E-state index contributed by atoms with van der Waals surface area (Å²) in [6, 6.07) is 24.6. The van der Waals surface area contributed by atoms with Crippen LogP contribution in [0.2, 0.25) is 0 Å². The molecule has 0 radical (unpaired) electrons. The minimum Gasteiger partial charge on any atom is -0.465 e. The molecule has 0 spiro atoms. The van der Waals surface area contributed by atoms with Crippen molar-refractivity contribution in [1.82, 2.24) is 4.57 Å². The van der Waals surface area contributed by atoms with Crippen LogP contribution in [0.25, 0.3) is 16.6 Å². The van der Waals surface area contributed by atoms with E-state index in [1.165, 1.54) is 7.11 Å². The van der Waals surface area contributed by atoms with Gasteiger partial charge in [-0.25, -0.2) is 4.79 Å². The highest BCUT2D eigenvalue weighted by Gasteiger charge is 2.36. The Bertz CT molecular complexity index is 1270. The van der Waals surface area contributed by atoms with E-state index in [1.54, 1.807) is 18.3 Å². The molecule has 142 valence electrons. The second kappa shape index (κ2) is 6.43. The number of methoxy groups -OCH3 is 1. The number of esters is 1. The molecule has 0 unspecified atom stereocenters. The Morgan fingerprint density at radius 3 is 2.55 bits per heavy atom. The Morgan fingerprint density at radius 1 is 1.00 bits per heavy atom. The number of nitrogens with zero attached hydrogens (tertiary/aromatic N) is 2. The molecule has 0 fully saturated rings. The minimum absolute atomic E-state index is 0.409. The highest BCUT2D eigenvalue weighted by molar-refractivity contribution is 5.94. The molecule has 0 amide bonds. The van der Waals surface area contributed by atoms with E-state index in [0.29, 0.717) is 22.5 Å². The van der Waals surface area contributed by atoms with Gasteiger partial charge in [0.25, 0.3) is 0 Å². The molecule has 5 rings (SSSR count). The second-order valence-electron chi connectivity index (χ2n) is 7.01. The number of carbonyl (C=O) groups is 1. The quantitative estimate of drug-likeness (QED) is 0.524. The molecule has 3 aromatic carbocycles. The predicted molar refractivity (Wildman–Crippen MR) is 112 cm³/mol. The van der Waals surface area contributed by atoms with Crippen LogP contribution in [0.15, 0.2) is 83.9 Å². The van der Waals surface area contributed by atoms with Crippen molar-refractivity contribution in [3.05, 3.63) is 95.7 Å². The van der Waals surface area contributed by atoms with Gasteiger partial charge in [0.2, 0.25) is 0 Å². The highest BCUT2D eigenvalue weighted by Crippen LogP contribution is 2.40. The summed E-state index contributed by atoms with van der Waals surface area (Å²) in [5, 5.41) is 12.8. The first kappa shape index (κ1) is 17.4. The van der Waals surface area contributed by atoms with Crippen LogP contribution in [0.5, 0.6) is 0 Å². The number of aliphatic imine (C=N–C) groups is 1. The SMILES string of the molecule is COC(=O)c1ccc2c(c1)N=C[C@@](O)(c1ccccc1)c1cc3ccccc3n1-2. The van der Waals surface area contributed by atoms with E-state index in [9.17, 15) is 9.90 Å². The normalized spacial score (nSPS) is 17.4. The van der Waals surface area contributed by atoms with Gasteiger partial charge in [-0.3, -0.25) is 4.99 Å². The van der Waals surface area contributed by atoms with Gasteiger partial charge in [-0.2, -0.15) is 0 Å². The maximum atomic E-state index is 12.0. The van der Waals surface area contributed by atoms with E-state index in [2.05, 4.69) is 4.99 Å². The van der Waals surface area contributed by atoms with Crippen LogP contribution in [0, 0.1) is 0 Å². The summed E-state index contributed by atoms with van der Waals surface area (Å²) in [5.41, 5.74) is 2.72. The van der Waals surface area contributed by atoms with Crippen molar-refractivity contribution in [2.75, 3.05) is 7.11 Å². The summed E-state index contributed by atoms with van der Waals surface area (Å²) >= 11 is 0. The van der Waals surface area contributed by atoms with E-state index in [4.69, 9.17) is 4.74 Å². The molecular weight excluding hydrogens is 364 g/mol. The number of aliphatic hydroxyl groups is 1. The second-order valence-corrected chi connectivity index (χ2v) is 7.01. The first-order valence-electron chi connectivity index (χ1n) is 9.28. The molecule has 1 aliphatic heterocycles. The molecular formula is C24H18N2O3. The van der Waals surface area contributed by atoms with E-state index < -0.39 is 11.6 Å². The lowest BCUT2D eigenvalue weighted by molar-refractivity contribution is 0.0601. The third kappa shape index (κ3) is 2.59. The number of aromatic nitrogens is 1. The zero-order valence-electron chi connectivity index (χ0n) is 15.7. The average Bonchev–Trinajstić information content (AvgIpc) is 3.12. The lowest BCUT2D eigenvalue weighted by Gasteiger charge is -2.25. The zero-order chi connectivity index (χ0) is 20.0. The molecule has 0 saturated carbocycles. The number of ether oxygens (including phenoxy) is 1. The number of hydrogen-bond donors (Lipinski definition) is 1. The summed E-state index contributed by atoms with van der Waals surface area (Å²) < 4.78 is 6.85. The van der Waals surface area contributed by atoms with Crippen molar-refractivity contribution >= 4 is 28.8 Å². The van der Waals surface area contributed by atoms with Crippen LogP contribution >= 0.6 is 0 Å². The van der Waals surface area contributed by atoms with Gasteiger partial charge in [-0.1, -0.05) is 48.5 Å². The number of carbonyl (C=O) groups excluding carboxylic acids is 1. The Morgan fingerprint density at radius 2 is 1.76 bits per heavy atom. The molecule has 29 heavy (non-hydrogen) atoms. The number of hydrogen-bond acceptors (Lipinski definition) is 4. The van der Waals surface area contributed by atoms with Gasteiger partial charge >= 0.3 is 5.97 Å². The number of rotatable bonds is 2. The Labute approximate surface area is 167 Å². The third-order valence-electron chi connectivity index (χ3n) is 5.34. The lowest BCUT2D eigenvalue weighted by Crippen LogP contribution is -2.30. The first-order chi connectivity index (χ1) is 14.1. The smallest absolute Gasteiger partial charge is 0.337 e. The van der Waals surface area contributed by atoms with Crippen molar-refractivity contribution in [2.24, 2.45) is 4.99 Å². The topological polar surface area (TPSA) is 63.8 Å². The standard InChI is InChI=1S/C24H18N2O3/c1-29-23(27)17-11-12-21-19(13-17)25-15-24(28,18-8-3-2-4-9-18)22-14-16-7-5-6-10-20(16)26(21)22/h2-15,28H,1H3/t24-/m1/s1. The molecule has 2 heterocycles. The highest BCUT2D eigenvalue weighted by atomic mass is 16.5. The fourth-order valence-corrected chi connectivity index (χ4v) is 3.90. The van der Waals surface area contributed by atoms with Crippen molar-refractivity contribution in [3.63, 3.8) is 0 Å². The zero-order valence-corrected chi connectivity index (χ0v) is 15.7. The van der Waals surface area contributed by atoms with E-state index in [1.807, 2.05) is 71.3 Å². The number of benzene rings is 3. The van der Waals surface area contributed by atoms with Crippen molar-refractivity contribution in [1.29, 1.82) is 0 Å². The van der Waals surface area contributed by atoms with Crippen LogP contribution in [-0.2, 0) is 10.3 Å². The molecule has 5 heteroatoms. The molecule has 1 aromatic heterocycles. The fraction of sp³-hybridized carbons (Fsp3) is 0.0833. The third-order valence-corrected chi connectivity index (χ3v) is 5.34. The van der Waals surface area contributed by atoms with Gasteiger partial charge in [0.05, 0.1) is 35.3 Å². The summed E-state index contributed by atoms with van der Waals surface area (Å²) in [7, 11) is 1.35. The van der Waals surface area contributed by atoms with E-state index >= 15 is 0 Å². The molecule has 0 saturated heterocycles. The van der Waals surface area contributed by atoms with Gasteiger partial charge in [0, 0.05) is 11.6 Å². The van der Waals surface area contributed by atoms with Gasteiger partial charge in [-0.05, 0) is 35.9 Å². The Kier molecular flexibility index (Phi) is 3.86. The fourth-order valence-electron chi connectivity index (χ4n) is 3.90. The van der Waals surface area contributed by atoms with Crippen molar-refractivity contribution < 1.29 is 14.6 Å². The number of fused-ring (bicyclic) bond motifs is 5. The summed E-state index contributed by atoms with van der Waals surface area (Å²) in [5.74, 6) is -0.428. The Balaban J connectivity index is 1.85. The molecule has 1 N–H and O–H groups in total. The van der Waals surface area contributed by atoms with Crippen LogP contribution in [0.1, 0.15) is 21.6 Å². The summed E-state index contributed by atoms with van der Waals surface area (Å²) in [6.07, 6.45) is 1.54. The number of para-hydroxylation sites is 1. The van der Waals surface area contributed by atoms with Crippen molar-refractivity contribution in [2.45, 2.75) is 5.60 Å². The average molecular weight is 382 g/mol. The maximum absolute atomic E-state index is 12.0.